The second-order valence-corrected chi connectivity index (χ2v) is 5.60. The fraction of sp³-hybridized carbons (Fsp3) is 0.923. The van der Waals surface area contributed by atoms with Crippen LogP contribution >= 0.6 is 24.8 Å². The second-order valence-electron chi connectivity index (χ2n) is 5.60. The van der Waals surface area contributed by atoms with E-state index in [4.69, 9.17) is 4.74 Å². The summed E-state index contributed by atoms with van der Waals surface area (Å²) in [6, 6.07) is -0.237. The molecule has 1 aliphatic heterocycles. The molecule has 1 amide bonds. The standard InChI is InChI=1S/C13H27N3O4.2ClH/c1-9(18)14-7-10-12(13(19)11(8-17)20-10)16(4)6-5-15(2)3;;/h10-13,17,19H,5-8H2,1-4H3,(H,14,18);2*1H/t10-,11+,12+,13-;;/m1../s1. The Labute approximate surface area is 144 Å². The smallest absolute Gasteiger partial charge is 0.216 e. The molecule has 0 aromatic heterocycles. The van der Waals surface area contributed by atoms with E-state index in [2.05, 4.69) is 10.2 Å². The van der Waals surface area contributed by atoms with Gasteiger partial charge in [-0.3, -0.25) is 9.69 Å². The van der Waals surface area contributed by atoms with Gasteiger partial charge in [0.05, 0.1) is 18.8 Å². The van der Waals surface area contributed by atoms with E-state index in [-0.39, 0.29) is 49.5 Å². The largest absolute Gasteiger partial charge is 0.394 e. The van der Waals surface area contributed by atoms with Crippen LogP contribution in [0.15, 0.2) is 0 Å². The molecule has 3 N–H and O–H groups in total. The molecular weight excluding hydrogens is 333 g/mol. The number of ether oxygens (including phenoxy) is 1. The van der Waals surface area contributed by atoms with Gasteiger partial charge in [0.1, 0.15) is 12.2 Å². The van der Waals surface area contributed by atoms with Crippen molar-refractivity contribution in [2.45, 2.75) is 31.3 Å². The zero-order valence-corrected chi connectivity index (χ0v) is 15.2. The molecule has 22 heavy (non-hydrogen) atoms. The molecule has 0 aromatic rings. The fourth-order valence-corrected chi connectivity index (χ4v) is 2.44. The average Bonchev–Trinajstić information content (AvgIpc) is 2.69. The molecule has 9 heteroatoms. The fourth-order valence-electron chi connectivity index (χ4n) is 2.44. The van der Waals surface area contributed by atoms with E-state index in [1.807, 2.05) is 26.0 Å². The van der Waals surface area contributed by atoms with Crippen molar-refractivity contribution >= 4 is 30.7 Å². The molecule has 1 fully saturated rings. The maximum Gasteiger partial charge on any atom is 0.216 e. The maximum atomic E-state index is 11.0. The average molecular weight is 362 g/mol. The normalized spacial score (nSPS) is 27.5. The quantitative estimate of drug-likeness (QED) is 0.536. The summed E-state index contributed by atoms with van der Waals surface area (Å²) < 4.78 is 5.64. The van der Waals surface area contributed by atoms with Crippen molar-refractivity contribution in [1.29, 1.82) is 0 Å². The second kappa shape index (κ2) is 11.4. The van der Waals surface area contributed by atoms with E-state index in [9.17, 15) is 15.0 Å². The van der Waals surface area contributed by atoms with Gasteiger partial charge in [-0.2, -0.15) is 0 Å². The van der Waals surface area contributed by atoms with Gasteiger partial charge in [0.2, 0.25) is 5.91 Å². The lowest BCUT2D eigenvalue weighted by Crippen LogP contribution is -2.50. The van der Waals surface area contributed by atoms with Gasteiger partial charge in [0.25, 0.3) is 0 Å². The molecule has 4 atom stereocenters. The van der Waals surface area contributed by atoms with Gasteiger partial charge in [0, 0.05) is 26.6 Å². The third-order valence-electron chi connectivity index (χ3n) is 3.60. The monoisotopic (exact) mass is 361 g/mol. The Kier molecular flexibility index (Phi) is 12.5. The first kappa shape index (κ1) is 24.1. The van der Waals surface area contributed by atoms with E-state index in [1.54, 1.807) is 0 Å². The van der Waals surface area contributed by atoms with Gasteiger partial charge < -0.3 is 25.2 Å². The molecule has 0 aliphatic carbocycles. The zero-order valence-electron chi connectivity index (χ0n) is 13.6. The Bertz CT molecular complexity index is 324. The highest BCUT2D eigenvalue weighted by atomic mass is 35.5. The summed E-state index contributed by atoms with van der Waals surface area (Å²) >= 11 is 0. The van der Waals surface area contributed by atoms with E-state index in [0.29, 0.717) is 6.54 Å². The number of carbonyl (C=O) groups excluding carboxylic acids is 1. The highest BCUT2D eigenvalue weighted by Crippen LogP contribution is 2.24. The van der Waals surface area contributed by atoms with Crippen LogP contribution in [-0.4, -0.2) is 97.7 Å². The molecular formula is C13H29Cl2N3O4. The van der Waals surface area contributed by atoms with Crippen molar-refractivity contribution in [3.63, 3.8) is 0 Å². The van der Waals surface area contributed by atoms with Gasteiger partial charge in [-0.1, -0.05) is 0 Å². The lowest BCUT2D eigenvalue weighted by atomic mass is 10.0. The third kappa shape index (κ3) is 6.95. The van der Waals surface area contributed by atoms with Crippen LogP contribution < -0.4 is 5.32 Å². The number of aliphatic hydroxyl groups is 2. The van der Waals surface area contributed by atoms with Crippen molar-refractivity contribution in [1.82, 2.24) is 15.1 Å². The van der Waals surface area contributed by atoms with Crippen molar-refractivity contribution in [2.24, 2.45) is 0 Å². The number of nitrogens with one attached hydrogen (secondary N) is 1. The number of halogens is 2. The van der Waals surface area contributed by atoms with Crippen LogP contribution in [0.25, 0.3) is 0 Å². The minimum Gasteiger partial charge on any atom is -0.394 e. The van der Waals surface area contributed by atoms with Crippen LogP contribution in [0.3, 0.4) is 0 Å². The lowest BCUT2D eigenvalue weighted by Gasteiger charge is -2.31. The molecule has 1 heterocycles. The lowest BCUT2D eigenvalue weighted by molar-refractivity contribution is -0.119. The summed E-state index contributed by atoms with van der Waals surface area (Å²) in [6.45, 7) is 3.18. The van der Waals surface area contributed by atoms with E-state index < -0.39 is 12.2 Å². The summed E-state index contributed by atoms with van der Waals surface area (Å²) in [7, 11) is 5.89. The first-order valence-corrected chi connectivity index (χ1v) is 6.90. The first-order valence-electron chi connectivity index (χ1n) is 6.90. The molecule has 7 nitrogen and oxygen atoms in total. The minimum absolute atomic E-state index is 0. The van der Waals surface area contributed by atoms with Gasteiger partial charge in [-0.05, 0) is 21.1 Å². The van der Waals surface area contributed by atoms with Crippen LogP contribution in [0.5, 0.6) is 0 Å². The molecule has 0 bridgehead atoms. The number of likely N-dealkylation sites (N-methyl/N-ethyl adjacent to an activating group) is 2. The van der Waals surface area contributed by atoms with E-state index >= 15 is 0 Å². The Balaban J connectivity index is 0. The number of carbonyl (C=O) groups is 1. The summed E-state index contributed by atoms with van der Waals surface area (Å²) in [5.41, 5.74) is 0. The molecule has 0 saturated carbocycles. The predicted molar refractivity (Wildman–Crippen MR) is 89.9 cm³/mol. The van der Waals surface area contributed by atoms with Crippen molar-refractivity contribution in [2.75, 3.05) is 47.4 Å². The van der Waals surface area contributed by atoms with Crippen molar-refractivity contribution in [3.8, 4) is 0 Å². The number of aliphatic hydroxyl groups excluding tert-OH is 2. The minimum atomic E-state index is -0.758. The zero-order chi connectivity index (χ0) is 15.3. The molecule has 1 rings (SSSR count). The van der Waals surface area contributed by atoms with Crippen molar-refractivity contribution < 1.29 is 19.7 Å². The number of amides is 1. The highest BCUT2D eigenvalue weighted by Gasteiger charge is 2.45. The molecule has 0 unspecified atom stereocenters. The first-order chi connectivity index (χ1) is 9.36. The van der Waals surface area contributed by atoms with Gasteiger partial charge in [-0.25, -0.2) is 0 Å². The molecule has 0 radical (unpaired) electrons. The van der Waals surface area contributed by atoms with Gasteiger partial charge in [-0.15, -0.1) is 24.8 Å². The molecule has 1 aliphatic rings. The predicted octanol–water partition coefficient (Wildman–Crippen LogP) is -1.05. The summed E-state index contributed by atoms with van der Waals surface area (Å²) in [5, 5.41) is 22.2. The summed E-state index contributed by atoms with van der Waals surface area (Å²) in [4.78, 5) is 15.1. The number of hydrogen-bond donors (Lipinski definition) is 3. The van der Waals surface area contributed by atoms with Crippen LogP contribution in [0.2, 0.25) is 0 Å². The molecule has 1 saturated heterocycles. The maximum absolute atomic E-state index is 11.0. The number of rotatable bonds is 7. The Morgan fingerprint density at radius 1 is 1.18 bits per heavy atom. The SMILES string of the molecule is CC(=O)NC[C@H]1O[C@@H](CO)[C@@H](O)[C@H]1N(C)CCN(C)C.Cl.Cl. The molecule has 0 spiro atoms. The van der Waals surface area contributed by atoms with Crippen LogP contribution in [-0.2, 0) is 9.53 Å². The van der Waals surface area contributed by atoms with Crippen LogP contribution in [0, 0.1) is 0 Å². The number of nitrogens with zero attached hydrogens (tertiary/aromatic N) is 2. The van der Waals surface area contributed by atoms with Gasteiger partial charge in [0.15, 0.2) is 0 Å². The van der Waals surface area contributed by atoms with E-state index in [0.717, 1.165) is 13.1 Å². The Morgan fingerprint density at radius 3 is 2.23 bits per heavy atom. The number of hydrogen-bond acceptors (Lipinski definition) is 6. The van der Waals surface area contributed by atoms with Crippen LogP contribution in [0.1, 0.15) is 6.92 Å². The van der Waals surface area contributed by atoms with E-state index in [1.165, 1.54) is 6.92 Å². The molecule has 134 valence electrons. The highest BCUT2D eigenvalue weighted by molar-refractivity contribution is 5.85. The summed E-state index contributed by atoms with van der Waals surface area (Å²) in [6.07, 6.45) is -1.68. The topological polar surface area (TPSA) is 85.3 Å². The van der Waals surface area contributed by atoms with Gasteiger partial charge >= 0.3 is 0 Å². The molecule has 0 aromatic carbocycles. The Hall–Kier alpha value is -0.150. The van der Waals surface area contributed by atoms with Crippen LogP contribution in [0.4, 0.5) is 0 Å². The van der Waals surface area contributed by atoms with Crippen molar-refractivity contribution in [3.05, 3.63) is 0 Å². The summed E-state index contributed by atoms with van der Waals surface area (Å²) in [5.74, 6) is -0.134. The Morgan fingerprint density at radius 2 is 1.77 bits per heavy atom. The third-order valence-corrected chi connectivity index (χ3v) is 3.60.